The van der Waals surface area contributed by atoms with E-state index in [4.69, 9.17) is 0 Å². The number of carbonyl (C=O) groups is 1. The van der Waals surface area contributed by atoms with Crippen LogP contribution < -0.4 is 5.32 Å². The zero-order chi connectivity index (χ0) is 13.0. The molecule has 4 heteroatoms. The van der Waals surface area contributed by atoms with Gasteiger partial charge in [-0.1, -0.05) is 6.92 Å². The summed E-state index contributed by atoms with van der Waals surface area (Å²) in [6.45, 7) is 4.50. The van der Waals surface area contributed by atoms with E-state index >= 15 is 0 Å². The number of nitrogens with zero attached hydrogens (tertiary/aromatic N) is 1. The molecule has 18 heavy (non-hydrogen) atoms. The zero-order valence-electron chi connectivity index (χ0n) is 11.7. The number of hydrogen-bond acceptors (Lipinski definition) is 3. The summed E-state index contributed by atoms with van der Waals surface area (Å²) >= 11 is 1.97. The highest BCUT2D eigenvalue weighted by Crippen LogP contribution is 2.27. The summed E-state index contributed by atoms with van der Waals surface area (Å²) in [5, 5.41) is 3.39. The molecular weight excluding hydrogens is 244 g/mol. The van der Waals surface area contributed by atoms with E-state index in [1.807, 2.05) is 23.7 Å². The third kappa shape index (κ3) is 3.64. The summed E-state index contributed by atoms with van der Waals surface area (Å²) in [7, 11) is 1.99. The molecule has 1 amide bonds. The molecule has 1 N–H and O–H groups in total. The van der Waals surface area contributed by atoms with E-state index < -0.39 is 0 Å². The van der Waals surface area contributed by atoms with E-state index in [0.29, 0.717) is 17.9 Å². The van der Waals surface area contributed by atoms with Crippen molar-refractivity contribution in [1.82, 2.24) is 10.2 Å². The van der Waals surface area contributed by atoms with Crippen molar-refractivity contribution in [3.8, 4) is 0 Å². The van der Waals surface area contributed by atoms with Crippen LogP contribution >= 0.6 is 11.8 Å². The molecule has 0 spiro atoms. The number of nitrogens with one attached hydrogen (secondary N) is 1. The van der Waals surface area contributed by atoms with Gasteiger partial charge in [0.15, 0.2) is 0 Å². The Labute approximate surface area is 115 Å². The average Bonchev–Trinajstić information content (AvgIpc) is 2.92. The van der Waals surface area contributed by atoms with Crippen molar-refractivity contribution in [2.75, 3.05) is 31.6 Å². The topological polar surface area (TPSA) is 32.3 Å². The van der Waals surface area contributed by atoms with Crippen molar-refractivity contribution in [2.24, 2.45) is 11.8 Å². The van der Waals surface area contributed by atoms with E-state index in [-0.39, 0.29) is 0 Å². The average molecular weight is 270 g/mol. The Balaban J connectivity index is 1.78. The van der Waals surface area contributed by atoms with Gasteiger partial charge in [-0.25, -0.2) is 0 Å². The van der Waals surface area contributed by atoms with Gasteiger partial charge in [-0.15, -0.1) is 0 Å². The molecule has 3 nitrogen and oxygen atoms in total. The second-order valence-electron chi connectivity index (χ2n) is 5.79. The van der Waals surface area contributed by atoms with Crippen LogP contribution in [0.3, 0.4) is 0 Å². The summed E-state index contributed by atoms with van der Waals surface area (Å²) in [6.07, 6.45) is 4.38. The third-order valence-corrected chi connectivity index (χ3v) is 5.68. The first kappa shape index (κ1) is 14.2. The monoisotopic (exact) mass is 270 g/mol. The van der Waals surface area contributed by atoms with Gasteiger partial charge in [0.25, 0.3) is 0 Å². The number of piperidine rings is 1. The van der Waals surface area contributed by atoms with Crippen molar-refractivity contribution in [3.63, 3.8) is 0 Å². The molecule has 0 bridgehead atoms. The van der Waals surface area contributed by atoms with E-state index in [1.165, 1.54) is 25.0 Å². The number of thioether (sulfide) groups is 1. The lowest BCUT2D eigenvalue weighted by Gasteiger charge is -2.30. The van der Waals surface area contributed by atoms with Crippen LogP contribution in [0, 0.1) is 11.8 Å². The maximum atomic E-state index is 12.3. The lowest BCUT2D eigenvalue weighted by Crippen LogP contribution is -2.39. The second kappa shape index (κ2) is 6.80. The number of rotatable bonds is 4. The lowest BCUT2D eigenvalue weighted by molar-refractivity contribution is -0.132. The Kier molecular flexibility index (Phi) is 5.37. The van der Waals surface area contributed by atoms with Crippen molar-refractivity contribution < 1.29 is 4.79 Å². The largest absolute Gasteiger partial charge is 0.342 e. The summed E-state index contributed by atoms with van der Waals surface area (Å²) in [5.41, 5.74) is 0. The standard InChI is InChI=1S/C14H26N2OS/c1-11(12-3-6-15-7-4-12)9-14(17)16(2)13-5-8-18-10-13/h11-13,15H,3-10H2,1-2H3. The molecule has 0 saturated carbocycles. The van der Waals surface area contributed by atoms with Crippen LogP contribution in [0.5, 0.6) is 0 Å². The molecule has 0 radical (unpaired) electrons. The van der Waals surface area contributed by atoms with Crippen molar-refractivity contribution in [2.45, 2.75) is 38.6 Å². The minimum absolute atomic E-state index is 0.355. The Bertz CT molecular complexity index is 273. The molecule has 2 saturated heterocycles. The van der Waals surface area contributed by atoms with Crippen molar-refractivity contribution >= 4 is 17.7 Å². The number of carbonyl (C=O) groups excluding carboxylic acids is 1. The Morgan fingerprint density at radius 2 is 2.11 bits per heavy atom. The molecule has 2 fully saturated rings. The minimum atomic E-state index is 0.355. The molecule has 2 rings (SSSR count). The summed E-state index contributed by atoms with van der Waals surface area (Å²) < 4.78 is 0. The van der Waals surface area contributed by atoms with Crippen molar-refractivity contribution in [1.29, 1.82) is 0 Å². The van der Waals surface area contributed by atoms with Crippen LogP contribution in [0.15, 0.2) is 0 Å². The van der Waals surface area contributed by atoms with Gasteiger partial charge in [-0.05, 0) is 49.9 Å². The fourth-order valence-corrected chi connectivity index (χ4v) is 4.30. The first-order valence-electron chi connectivity index (χ1n) is 7.22. The molecule has 0 aliphatic carbocycles. The summed E-state index contributed by atoms with van der Waals surface area (Å²) in [4.78, 5) is 14.3. The van der Waals surface area contributed by atoms with Gasteiger partial charge >= 0.3 is 0 Å². The number of amides is 1. The molecule has 2 aliphatic rings. The van der Waals surface area contributed by atoms with Gasteiger partial charge in [-0.3, -0.25) is 4.79 Å². The highest BCUT2D eigenvalue weighted by Gasteiger charge is 2.27. The Hall–Kier alpha value is -0.220. The van der Waals surface area contributed by atoms with Gasteiger partial charge in [-0.2, -0.15) is 11.8 Å². The van der Waals surface area contributed by atoms with Gasteiger partial charge in [0.2, 0.25) is 5.91 Å². The van der Waals surface area contributed by atoms with Crippen LogP contribution in [-0.4, -0.2) is 48.5 Å². The van der Waals surface area contributed by atoms with E-state index in [9.17, 15) is 4.79 Å². The fraction of sp³-hybridized carbons (Fsp3) is 0.929. The SMILES string of the molecule is CC(CC(=O)N(C)C1CCSC1)C1CCNCC1. The predicted octanol–water partition coefficient (Wildman–Crippen LogP) is 1.98. The first-order valence-corrected chi connectivity index (χ1v) is 8.38. The lowest BCUT2D eigenvalue weighted by atomic mass is 9.84. The van der Waals surface area contributed by atoms with Crippen LogP contribution in [0.2, 0.25) is 0 Å². The smallest absolute Gasteiger partial charge is 0.222 e. The van der Waals surface area contributed by atoms with Gasteiger partial charge in [0, 0.05) is 25.3 Å². The summed E-state index contributed by atoms with van der Waals surface area (Å²) in [5.74, 6) is 3.97. The fourth-order valence-electron chi connectivity index (χ4n) is 3.03. The van der Waals surface area contributed by atoms with Crippen LogP contribution in [0.4, 0.5) is 0 Å². The van der Waals surface area contributed by atoms with Crippen LogP contribution in [0.1, 0.15) is 32.6 Å². The highest BCUT2D eigenvalue weighted by atomic mass is 32.2. The van der Waals surface area contributed by atoms with Crippen LogP contribution in [-0.2, 0) is 4.79 Å². The quantitative estimate of drug-likeness (QED) is 0.848. The maximum absolute atomic E-state index is 12.3. The minimum Gasteiger partial charge on any atom is -0.342 e. The maximum Gasteiger partial charge on any atom is 0.222 e. The summed E-state index contributed by atoms with van der Waals surface area (Å²) in [6, 6.07) is 0.489. The molecule has 2 atom stereocenters. The molecule has 2 aliphatic heterocycles. The second-order valence-corrected chi connectivity index (χ2v) is 6.94. The molecule has 0 aromatic rings. The normalized spacial score (nSPS) is 27.1. The van der Waals surface area contributed by atoms with Gasteiger partial charge < -0.3 is 10.2 Å². The molecule has 2 heterocycles. The van der Waals surface area contributed by atoms with Crippen LogP contribution in [0.25, 0.3) is 0 Å². The molecule has 0 aromatic carbocycles. The Morgan fingerprint density at radius 3 is 2.72 bits per heavy atom. The van der Waals surface area contributed by atoms with Crippen molar-refractivity contribution in [3.05, 3.63) is 0 Å². The van der Waals surface area contributed by atoms with Gasteiger partial charge in [0.05, 0.1) is 0 Å². The van der Waals surface area contributed by atoms with E-state index in [0.717, 1.165) is 31.2 Å². The molecule has 2 unspecified atom stereocenters. The van der Waals surface area contributed by atoms with E-state index in [2.05, 4.69) is 12.2 Å². The zero-order valence-corrected chi connectivity index (χ0v) is 12.5. The molecular formula is C14H26N2OS. The number of hydrogen-bond donors (Lipinski definition) is 1. The predicted molar refractivity (Wildman–Crippen MR) is 77.9 cm³/mol. The molecule has 104 valence electrons. The Morgan fingerprint density at radius 1 is 1.39 bits per heavy atom. The first-order chi connectivity index (χ1) is 8.68. The van der Waals surface area contributed by atoms with E-state index in [1.54, 1.807) is 0 Å². The molecule has 0 aromatic heterocycles. The third-order valence-electron chi connectivity index (χ3n) is 4.53. The highest BCUT2D eigenvalue weighted by molar-refractivity contribution is 7.99. The van der Waals surface area contributed by atoms with Gasteiger partial charge in [0.1, 0.15) is 0 Å².